The summed E-state index contributed by atoms with van der Waals surface area (Å²) in [5.74, 6) is -0.0456. The smallest absolute Gasteiger partial charge is 0.193 e. The molecule has 0 unspecified atom stereocenters. The topological polar surface area (TPSA) is 46.2 Å². The number of rotatable bonds is 6. The lowest BCUT2D eigenvalue weighted by Crippen LogP contribution is -2.14. The van der Waals surface area contributed by atoms with E-state index in [1.807, 2.05) is 42.5 Å². The maximum Gasteiger partial charge on any atom is 0.193 e. The molecule has 3 rings (SSSR count). The van der Waals surface area contributed by atoms with Gasteiger partial charge in [0.05, 0.1) is 6.54 Å². The van der Waals surface area contributed by atoms with Crippen LogP contribution < -0.4 is 5.32 Å². The SMILES string of the molecule is O=C(CNc1cccc(C(=O)c2ccccc2)c1)c1ccc(Br)cc1. The Balaban J connectivity index is 1.69. The summed E-state index contributed by atoms with van der Waals surface area (Å²) in [5.41, 5.74) is 2.62. The van der Waals surface area contributed by atoms with E-state index in [1.165, 1.54) is 0 Å². The fraction of sp³-hybridized carbons (Fsp3) is 0.0476. The molecule has 0 aromatic heterocycles. The van der Waals surface area contributed by atoms with Crippen LogP contribution in [-0.4, -0.2) is 18.1 Å². The van der Waals surface area contributed by atoms with Crippen molar-refractivity contribution in [1.29, 1.82) is 0 Å². The van der Waals surface area contributed by atoms with E-state index in [1.54, 1.807) is 36.4 Å². The second-order valence-electron chi connectivity index (χ2n) is 5.56. The summed E-state index contributed by atoms with van der Waals surface area (Å²) in [5, 5.41) is 3.09. The van der Waals surface area contributed by atoms with Gasteiger partial charge in [-0.05, 0) is 24.3 Å². The van der Waals surface area contributed by atoms with Crippen molar-refractivity contribution in [2.45, 2.75) is 0 Å². The molecule has 3 aromatic rings. The molecule has 0 aliphatic heterocycles. The minimum atomic E-state index is -0.0384. The van der Waals surface area contributed by atoms with Crippen LogP contribution in [0.1, 0.15) is 26.3 Å². The van der Waals surface area contributed by atoms with Crippen LogP contribution in [0.5, 0.6) is 0 Å². The van der Waals surface area contributed by atoms with Crippen molar-refractivity contribution in [3.8, 4) is 0 Å². The summed E-state index contributed by atoms with van der Waals surface area (Å²) < 4.78 is 0.934. The maximum atomic E-state index is 12.5. The number of halogens is 1. The number of hydrogen-bond acceptors (Lipinski definition) is 3. The Kier molecular flexibility index (Phi) is 5.41. The van der Waals surface area contributed by atoms with Crippen LogP contribution in [0.25, 0.3) is 0 Å². The summed E-state index contributed by atoms with van der Waals surface area (Å²) in [4.78, 5) is 24.7. The quantitative estimate of drug-likeness (QED) is 0.601. The lowest BCUT2D eigenvalue weighted by atomic mass is 10.0. The fourth-order valence-corrected chi connectivity index (χ4v) is 2.71. The van der Waals surface area contributed by atoms with Gasteiger partial charge in [0.2, 0.25) is 0 Å². The summed E-state index contributed by atoms with van der Waals surface area (Å²) in [6, 6.07) is 23.6. The molecular weight excluding hydrogens is 378 g/mol. The van der Waals surface area contributed by atoms with Gasteiger partial charge >= 0.3 is 0 Å². The minimum Gasteiger partial charge on any atom is -0.378 e. The van der Waals surface area contributed by atoms with Gasteiger partial charge in [-0.1, -0.05) is 70.5 Å². The van der Waals surface area contributed by atoms with Crippen LogP contribution in [0.2, 0.25) is 0 Å². The molecule has 0 heterocycles. The van der Waals surface area contributed by atoms with E-state index in [-0.39, 0.29) is 18.1 Å². The van der Waals surface area contributed by atoms with Gasteiger partial charge in [-0.3, -0.25) is 9.59 Å². The molecule has 0 aliphatic rings. The number of nitrogens with one attached hydrogen (secondary N) is 1. The Morgan fingerprint density at radius 2 is 1.44 bits per heavy atom. The number of ketones is 2. The molecule has 0 fully saturated rings. The molecule has 0 radical (unpaired) electrons. The average Bonchev–Trinajstić information content (AvgIpc) is 2.67. The highest BCUT2D eigenvalue weighted by Crippen LogP contribution is 2.16. The van der Waals surface area contributed by atoms with Crippen molar-refractivity contribution in [2.75, 3.05) is 11.9 Å². The third kappa shape index (κ3) is 4.43. The van der Waals surface area contributed by atoms with Gasteiger partial charge in [0.25, 0.3) is 0 Å². The highest BCUT2D eigenvalue weighted by molar-refractivity contribution is 9.10. The molecule has 0 bridgehead atoms. The molecule has 0 spiro atoms. The third-order valence-corrected chi connectivity index (χ3v) is 4.31. The predicted octanol–water partition coefficient (Wildman–Crippen LogP) is 4.97. The van der Waals surface area contributed by atoms with Gasteiger partial charge < -0.3 is 5.32 Å². The van der Waals surface area contributed by atoms with E-state index < -0.39 is 0 Å². The Morgan fingerprint density at radius 1 is 0.760 bits per heavy atom. The molecular formula is C21H16BrNO2. The number of benzene rings is 3. The van der Waals surface area contributed by atoms with Gasteiger partial charge in [0.15, 0.2) is 11.6 Å². The van der Waals surface area contributed by atoms with Gasteiger partial charge in [-0.25, -0.2) is 0 Å². The van der Waals surface area contributed by atoms with Crippen molar-refractivity contribution in [2.24, 2.45) is 0 Å². The molecule has 1 N–H and O–H groups in total. The van der Waals surface area contributed by atoms with E-state index in [0.29, 0.717) is 16.7 Å². The number of Topliss-reactive ketones (excluding diaryl/α,β-unsaturated/α-hetero) is 1. The molecule has 0 saturated carbocycles. The zero-order valence-electron chi connectivity index (χ0n) is 13.4. The first-order valence-electron chi connectivity index (χ1n) is 7.86. The van der Waals surface area contributed by atoms with E-state index in [2.05, 4.69) is 21.2 Å². The maximum absolute atomic E-state index is 12.5. The van der Waals surface area contributed by atoms with Gasteiger partial charge in [-0.2, -0.15) is 0 Å². The number of carbonyl (C=O) groups is 2. The summed E-state index contributed by atoms with van der Waals surface area (Å²) in [7, 11) is 0. The second-order valence-corrected chi connectivity index (χ2v) is 6.48. The average molecular weight is 394 g/mol. The van der Waals surface area contributed by atoms with Crippen LogP contribution in [0, 0.1) is 0 Å². The number of carbonyl (C=O) groups excluding carboxylic acids is 2. The van der Waals surface area contributed by atoms with E-state index in [4.69, 9.17) is 0 Å². The number of hydrogen-bond donors (Lipinski definition) is 1. The molecule has 124 valence electrons. The normalized spacial score (nSPS) is 10.3. The van der Waals surface area contributed by atoms with Crippen molar-refractivity contribution in [3.63, 3.8) is 0 Å². The summed E-state index contributed by atoms with van der Waals surface area (Å²) >= 11 is 3.35. The summed E-state index contributed by atoms with van der Waals surface area (Å²) in [6.07, 6.45) is 0. The van der Waals surface area contributed by atoms with Crippen molar-refractivity contribution in [1.82, 2.24) is 0 Å². The van der Waals surface area contributed by atoms with Crippen LogP contribution in [0.15, 0.2) is 83.3 Å². The first-order chi connectivity index (χ1) is 12.1. The Bertz CT molecular complexity index is 889. The van der Waals surface area contributed by atoms with Crippen molar-refractivity contribution >= 4 is 33.2 Å². The lowest BCUT2D eigenvalue weighted by molar-refractivity contribution is 0.100. The van der Waals surface area contributed by atoms with Crippen LogP contribution >= 0.6 is 15.9 Å². The van der Waals surface area contributed by atoms with Crippen LogP contribution in [-0.2, 0) is 0 Å². The molecule has 0 amide bonds. The Hall–Kier alpha value is -2.72. The van der Waals surface area contributed by atoms with E-state index in [0.717, 1.165) is 10.2 Å². The first kappa shape index (κ1) is 17.1. The zero-order valence-corrected chi connectivity index (χ0v) is 15.0. The Morgan fingerprint density at radius 3 is 2.16 bits per heavy atom. The van der Waals surface area contributed by atoms with Gasteiger partial charge in [-0.15, -0.1) is 0 Å². The third-order valence-electron chi connectivity index (χ3n) is 3.78. The van der Waals surface area contributed by atoms with Crippen LogP contribution in [0.4, 0.5) is 5.69 Å². The molecule has 4 heteroatoms. The highest BCUT2D eigenvalue weighted by atomic mass is 79.9. The van der Waals surface area contributed by atoms with Crippen molar-refractivity contribution in [3.05, 3.63) is 100 Å². The number of anilines is 1. The largest absolute Gasteiger partial charge is 0.378 e. The van der Waals surface area contributed by atoms with Gasteiger partial charge in [0.1, 0.15) is 0 Å². The molecule has 0 atom stereocenters. The molecule has 0 aliphatic carbocycles. The Labute approximate surface area is 154 Å². The molecule has 3 nitrogen and oxygen atoms in total. The van der Waals surface area contributed by atoms with Crippen molar-refractivity contribution < 1.29 is 9.59 Å². The monoisotopic (exact) mass is 393 g/mol. The first-order valence-corrected chi connectivity index (χ1v) is 8.65. The molecule has 25 heavy (non-hydrogen) atoms. The molecule has 3 aromatic carbocycles. The predicted molar refractivity (Wildman–Crippen MR) is 103 cm³/mol. The van der Waals surface area contributed by atoms with E-state index >= 15 is 0 Å². The fourth-order valence-electron chi connectivity index (χ4n) is 2.45. The lowest BCUT2D eigenvalue weighted by Gasteiger charge is -2.08. The minimum absolute atomic E-state index is 0.00714. The van der Waals surface area contributed by atoms with Gasteiger partial charge in [0, 0.05) is 26.9 Å². The van der Waals surface area contributed by atoms with Crippen LogP contribution in [0.3, 0.4) is 0 Å². The van der Waals surface area contributed by atoms with E-state index in [9.17, 15) is 9.59 Å². The highest BCUT2D eigenvalue weighted by Gasteiger charge is 2.10. The zero-order chi connectivity index (χ0) is 17.6. The second kappa shape index (κ2) is 7.90. The summed E-state index contributed by atoms with van der Waals surface area (Å²) in [6.45, 7) is 0.171. The molecule has 0 saturated heterocycles. The standard InChI is InChI=1S/C21H16BrNO2/c22-18-11-9-15(10-12-18)20(24)14-23-19-8-4-7-17(13-19)21(25)16-5-2-1-3-6-16/h1-13,23H,14H2.